The quantitative estimate of drug-likeness (QED) is 0.533. The lowest BCUT2D eigenvalue weighted by atomic mass is 9.83. The molecule has 4 heterocycles. The maximum atomic E-state index is 13.8. The first-order valence-corrected chi connectivity index (χ1v) is 12.4. The van der Waals surface area contributed by atoms with Gasteiger partial charge in [0.1, 0.15) is 23.1 Å². The van der Waals surface area contributed by atoms with E-state index in [-0.39, 0.29) is 18.2 Å². The molecule has 1 aromatic heterocycles. The van der Waals surface area contributed by atoms with Gasteiger partial charge in [-0.3, -0.25) is 4.79 Å². The summed E-state index contributed by atoms with van der Waals surface area (Å²) in [5, 5.41) is 10.0. The van der Waals surface area contributed by atoms with Crippen LogP contribution in [0.5, 0.6) is 11.5 Å². The third kappa shape index (κ3) is 3.62. The number of phenolic OH excluding ortho intramolecular Hbond substituents is 1. The highest BCUT2D eigenvalue weighted by molar-refractivity contribution is 5.94. The molecule has 0 saturated carbocycles. The smallest absolute Gasteiger partial charge is 0.352 e. The monoisotopic (exact) mass is 503 g/mol. The molecule has 1 amide bonds. The van der Waals surface area contributed by atoms with Crippen LogP contribution in [0.25, 0.3) is 5.69 Å². The highest BCUT2D eigenvalue weighted by atomic mass is 16.5. The Morgan fingerprint density at radius 1 is 1.00 bits per heavy atom. The minimum Gasteiger partial charge on any atom is -0.508 e. The van der Waals surface area contributed by atoms with Gasteiger partial charge in [-0.2, -0.15) is 0 Å². The number of allylic oxidation sites excluding steroid dienone is 1. The van der Waals surface area contributed by atoms with Gasteiger partial charge in [-0.15, -0.1) is 0 Å². The standard InChI is InChI=1S/C27H29N5O5/c1-27(2)21-10-11-30-25(35)31(26(36)32(30)23(21)20-9-8-19(33)16-22(20)37-27)18-6-4-17(5-7-18)24(34)29-14-12-28(3)13-15-29/h4-10,16,23,33H,11-15H2,1-3H3. The van der Waals surface area contributed by atoms with Gasteiger partial charge < -0.3 is 19.6 Å². The largest absolute Gasteiger partial charge is 0.508 e. The maximum Gasteiger partial charge on any atom is 0.352 e. The van der Waals surface area contributed by atoms with E-state index in [1.807, 2.05) is 31.9 Å². The minimum absolute atomic E-state index is 0.0574. The van der Waals surface area contributed by atoms with E-state index in [1.165, 1.54) is 15.4 Å². The molecule has 10 heteroatoms. The zero-order valence-corrected chi connectivity index (χ0v) is 21.0. The third-order valence-corrected chi connectivity index (χ3v) is 7.60. The zero-order valence-electron chi connectivity index (χ0n) is 21.0. The van der Waals surface area contributed by atoms with E-state index in [4.69, 9.17) is 4.74 Å². The fourth-order valence-corrected chi connectivity index (χ4v) is 5.55. The van der Waals surface area contributed by atoms with E-state index < -0.39 is 23.0 Å². The van der Waals surface area contributed by atoms with Gasteiger partial charge in [0, 0.05) is 43.4 Å². The number of phenols is 1. The second-order valence-corrected chi connectivity index (χ2v) is 10.4. The Hall–Kier alpha value is -4.05. The van der Waals surface area contributed by atoms with Crippen molar-refractivity contribution in [2.75, 3.05) is 33.2 Å². The first-order chi connectivity index (χ1) is 17.7. The summed E-state index contributed by atoms with van der Waals surface area (Å²) in [6, 6.07) is 10.9. The number of likely N-dealkylation sites (N-methyl/N-ethyl adjacent to an activating group) is 1. The molecule has 1 saturated heterocycles. The molecule has 10 nitrogen and oxygen atoms in total. The number of carbonyl (C=O) groups is 1. The summed E-state index contributed by atoms with van der Waals surface area (Å²) in [5.41, 5.74) is 0.827. The van der Waals surface area contributed by atoms with Crippen molar-refractivity contribution in [1.82, 2.24) is 23.7 Å². The van der Waals surface area contributed by atoms with Crippen molar-refractivity contribution in [3.63, 3.8) is 0 Å². The van der Waals surface area contributed by atoms with Crippen LogP contribution in [0, 0.1) is 0 Å². The van der Waals surface area contributed by atoms with E-state index in [1.54, 1.807) is 36.4 Å². The van der Waals surface area contributed by atoms with Crippen LogP contribution in [0.2, 0.25) is 0 Å². The van der Waals surface area contributed by atoms with E-state index in [0.29, 0.717) is 35.7 Å². The van der Waals surface area contributed by atoms with Gasteiger partial charge in [0.25, 0.3) is 5.91 Å². The Balaban J connectivity index is 1.40. The molecule has 3 aliphatic rings. The maximum absolute atomic E-state index is 13.8. The number of nitrogens with zero attached hydrogens (tertiary/aromatic N) is 5. The highest BCUT2D eigenvalue weighted by Crippen LogP contribution is 2.46. The average Bonchev–Trinajstić information content (AvgIpc) is 3.13. The molecule has 0 radical (unpaired) electrons. The molecular weight excluding hydrogens is 474 g/mol. The minimum atomic E-state index is -0.737. The Morgan fingerprint density at radius 3 is 2.41 bits per heavy atom. The Bertz CT molecular complexity index is 1550. The SMILES string of the molecule is CN1CCN(C(=O)c2ccc(-n3c(=O)n4n(c3=O)C3C(=CC4)C(C)(C)Oc4cc(O)ccc43)cc2)CC1. The van der Waals surface area contributed by atoms with Crippen LogP contribution in [-0.2, 0) is 6.54 Å². The van der Waals surface area contributed by atoms with Crippen LogP contribution in [0.3, 0.4) is 0 Å². The van der Waals surface area contributed by atoms with Gasteiger partial charge in [0.05, 0.1) is 12.2 Å². The number of hydrogen-bond acceptors (Lipinski definition) is 6. The van der Waals surface area contributed by atoms with Gasteiger partial charge in [0.15, 0.2) is 0 Å². The summed E-state index contributed by atoms with van der Waals surface area (Å²) >= 11 is 0. The fraction of sp³-hybridized carbons (Fsp3) is 0.370. The summed E-state index contributed by atoms with van der Waals surface area (Å²) in [6.45, 7) is 7.03. The molecule has 3 aliphatic heterocycles. The lowest BCUT2D eigenvalue weighted by Crippen LogP contribution is -2.47. The van der Waals surface area contributed by atoms with E-state index in [2.05, 4.69) is 4.90 Å². The molecule has 1 fully saturated rings. The van der Waals surface area contributed by atoms with Crippen molar-refractivity contribution in [1.29, 1.82) is 0 Å². The second-order valence-electron chi connectivity index (χ2n) is 10.4. The molecular formula is C27H29N5O5. The number of ether oxygens (including phenoxy) is 1. The van der Waals surface area contributed by atoms with Gasteiger partial charge in [-0.25, -0.2) is 23.5 Å². The van der Waals surface area contributed by atoms with Gasteiger partial charge in [-0.05, 0) is 62.9 Å². The third-order valence-electron chi connectivity index (χ3n) is 7.60. The predicted octanol–water partition coefficient (Wildman–Crippen LogP) is 1.59. The summed E-state index contributed by atoms with van der Waals surface area (Å²) < 4.78 is 10.2. The number of benzene rings is 2. The summed E-state index contributed by atoms with van der Waals surface area (Å²) in [4.78, 5) is 44.2. The molecule has 1 atom stereocenters. The number of aromatic nitrogens is 3. The van der Waals surface area contributed by atoms with Crippen LogP contribution in [0.4, 0.5) is 0 Å². The topological polar surface area (TPSA) is 102 Å². The van der Waals surface area contributed by atoms with E-state index in [9.17, 15) is 19.5 Å². The Morgan fingerprint density at radius 2 is 1.70 bits per heavy atom. The number of hydrogen-bond donors (Lipinski definition) is 1. The van der Waals surface area contributed by atoms with E-state index >= 15 is 0 Å². The average molecular weight is 504 g/mol. The first-order valence-electron chi connectivity index (χ1n) is 12.4. The lowest BCUT2D eigenvalue weighted by molar-refractivity contribution is 0.0664. The first kappa shape index (κ1) is 23.4. The van der Waals surface area contributed by atoms with E-state index in [0.717, 1.165) is 23.2 Å². The van der Waals surface area contributed by atoms with Crippen molar-refractivity contribution in [2.45, 2.75) is 32.0 Å². The molecule has 37 heavy (non-hydrogen) atoms. The van der Waals surface area contributed by atoms with Crippen molar-refractivity contribution in [3.8, 4) is 17.2 Å². The molecule has 192 valence electrons. The number of carbonyl (C=O) groups excluding carboxylic acids is 1. The molecule has 0 aliphatic carbocycles. The number of piperazine rings is 1. The normalized spacial score (nSPS) is 20.4. The van der Waals surface area contributed by atoms with Crippen LogP contribution >= 0.6 is 0 Å². The highest BCUT2D eigenvalue weighted by Gasteiger charge is 2.43. The molecule has 0 bridgehead atoms. The summed E-state index contributed by atoms with van der Waals surface area (Å²) in [6.07, 6.45) is 1.93. The lowest BCUT2D eigenvalue weighted by Gasteiger charge is -2.42. The van der Waals surface area contributed by atoms with Crippen LogP contribution < -0.4 is 16.1 Å². The van der Waals surface area contributed by atoms with Crippen LogP contribution in [-0.4, -0.2) is 73.6 Å². The number of amides is 1. The van der Waals surface area contributed by atoms with Crippen molar-refractivity contribution in [2.24, 2.45) is 0 Å². The van der Waals surface area contributed by atoms with Gasteiger partial charge >= 0.3 is 11.4 Å². The second kappa shape index (κ2) is 8.24. The molecule has 3 aromatic rings. The van der Waals surface area contributed by atoms with Crippen molar-refractivity contribution in [3.05, 3.63) is 86.2 Å². The van der Waals surface area contributed by atoms with Crippen molar-refractivity contribution >= 4 is 5.91 Å². The number of aromatic hydroxyl groups is 1. The number of rotatable bonds is 2. The molecule has 1 unspecified atom stereocenters. The Kier molecular flexibility index (Phi) is 5.20. The predicted molar refractivity (Wildman–Crippen MR) is 137 cm³/mol. The van der Waals surface area contributed by atoms with Crippen molar-refractivity contribution < 1.29 is 14.6 Å². The zero-order chi connectivity index (χ0) is 26.1. The molecule has 1 N–H and O–H groups in total. The summed E-state index contributed by atoms with van der Waals surface area (Å²) in [7, 11) is 2.03. The fourth-order valence-electron chi connectivity index (χ4n) is 5.55. The Labute approximate surface area is 213 Å². The van der Waals surface area contributed by atoms with Gasteiger partial charge in [-0.1, -0.05) is 6.08 Å². The summed E-state index contributed by atoms with van der Waals surface area (Å²) in [5.74, 6) is 0.476. The molecule has 2 aromatic carbocycles. The molecule has 6 rings (SSSR count). The van der Waals surface area contributed by atoms with Gasteiger partial charge in [0.2, 0.25) is 0 Å². The molecule has 0 spiro atoms. The number of fused-ring (bicyclic) bond motifs is 5. The van der Waals surface area contributed by atoms with Crippen LogP contribution in [0.1, 0.15) is 35.8 Å². The van der Waals surface area contributed by atoms with Crippen LogP contribution in [0.15, 0.2) is 63.7 Å².